The van der Waals surface area contributed by atoms with Crippen molar-refractivity contribution in [2.75, 3.05) is 26.1 Å². The fourth-order valence-corrected chi connectivity index (χ4v) is 2.95. The molecule has 0 heterocycles. The van der Waals surface area contributed by atoms with Gasteiger partial charge in [0.25, 0.3) is 0 Å². The van der Waals surface area contributed by atoms with Gasteiger partial charge in [-0.25, -0.2) is 0 Å². The summed E-state index contributed by atoms with van der Waals surface area (Å²) in [7, 11) is -1.04. The molecule has 0 atom stereocenters. The standard InChI is InChI=1S/C10H16OP/c1-12(2,9-8-11)10-6-4-3-5-7-10/h3-7,11H,8-9H2,1-2H3/q+1. The summed E-state index contributed by atoms with van der Waals surface area (Å²) in [5.74, 6) is 0. The third-order valence-corrected chi connectivity index (χ3v) is 5.13. The lowest BCUT2D eigenvalue weighted by atomic mass is 10.4. The SMILES string of the molecule is C[P+](C)(CCO)c1ccccc1. The van der Waals surface area contributed by atoms with Crippen LogP contribution in [0.4, 0.5) is 0 Å². The minimum Gasteiger partial charge on any atom is -0.393 e. The van der Waals surface area contributed by atoms with Crippen LogP contribution in [-0.4, -0.2) is 31.2 Å². The van der Waals surface area contributed by atoms with Gasteiger partial charge in [0, 0.05) is 7.26 Å². The van der Waals surface area contributed by atoms with Gasteiger partial charge >= 0.3 is 0 Å². The van der Waals surface area contributed by atoms with Crippen molar-refractivity contribution in [1.29, 1.82) is 0 Å². The molecule has 0 bridgehead atoms. The average Bonchev–Trinajstić information content (AvgIpc) is 2.06. The van der Waals surface area contributed by atoms with E-state index in [-0.39, 0.29) is 0 Å². The van der Waals surface area contributed by atoms with Gasteiger partial charge in [-0.05, 0) is 12.1 Å². The highest BCUT2D eigenvalue weighted by Gasteiger charge is 2.26. The van der Waals surface area contributed by atoms with Gasteiger partial charge in [-0.1, -0.05) is 18.2 Å². The molecule has 0 saturated heterocycles. The minimum atomic E-state index is -1.04. The van der Waals surface area contributed by atoms with Gasteiger partial charge < -0.3 is 5.11 Å². The predicted octanol–water partition coefficient (Wildman–Crippen LogP) is 1.58. The predicted molar refractivity (Wildman–Crippen MR) is 56.8 cm³/mol. The monoisotopic (exact) mass is 183 g/mol. The first-order valence-corrected chi connectivity index (χ1v) is 7.03. The molecule has 0 amide bonds. The van der Waals surface area contributed by atoms with Gasteiger partial charge in [-0.3, -0.25) is 0 Å². The molecule has 0 radical (unpaired) electrons. The maximum Gasteiger partial charge on any atom is 0.0934 e. The molecule has 2 heteroatoms. The van der Waals surface area contributed by atoms with E-state index in [0.717, 1.165) is 6.16 Å². The molecule has 1 N–H and O–H groups in total. The number of rotatable bonds is 3. The summed E-state index contributed by atoms with van der Waals surface area (Å²) in [5, 5.41) is 10.3. The van der Waals surface area contributed by atoms with Gasteiger partial charge in [-0.2, -0.15) is 0 Å². The van der Waals surface area contributed by atoms with E-state index in [9.17, 15) is 0 Å². The van der Waals surface area contributed by atoms with Crippen LogP contribution in [0.2, 0.25) is 0 Å². The Morgan fingerprint density at radius 2 is 1.75 bits per heavy atom. The summed E-state index contributed by atoms with van der Waals surface area (Å²) < 4.78 is 0. The Hall–Kier alpha value is -0.390. The molecule has 1 rings (SSSR count). The number of aliphatic hydroxyl groups is 1. The Labute approximate surface area is 74.8 Å². The van der Waals surface area contributed by atoms with Crippen LogP contribution in [0.3, 0.4) is 0 Å². The van der Waals surface area contributed by atoms with Crippen LogP contribution < -0.4 is 5.30 Å². The Kier molecular flexibility index (Phi) is 3.25. The highest BCUT2D eigenvalue weighted by atomic mass is 31.2. The first-order chi connectivity index (χ1) is 5.67. The summed E-state index contributed by atoms with van der Waals surface area (Å²) in [6, 6.07) is 10.5. The molecule has 66 valence electrons. The molecule has 0 aliphatic carbocycles. The van der Waals surface area contributed by atoms with Gasteiger partial charge in [0.1, 0.15) is 0 Å². The van der Waals surface area contributed by atoms with E-state index in [1.54, 1.807) is 0 Å². The van der Waals surface area contributed by atoms with Crippen LogP contribution in [0.5, 0.6) is 0 Å². The van der Waals surface area contributed by atoms with Crippen molar-refractivity contribution in [3.05, 3.63) is 30.3 Å². The zero-order valence-corrected chi connectivity index (χ0v) is 8.59. The molecule has 1 nitrogen and oxygen atoms in total. The lowest BCUT2D eigenvalue weighted by Crippen LogP contribution is -2.13. The number of aliphatic hydroxyl groups excluding tert-OH is 1. The summed E-state index contributed by atoms with van der Waals surface area (Å²) in [6.45, 7) is 4.83. The smallest absolute Gasteiger partial charge is 0.0934 e. The highest BCUT2D eigenvalue weighted by molar-refractivity contribution is 7.81. The maximum absolute atomic E-state index is 8.89. The van der Waals surface area contributed by atoms with Crippen molar-refractivity contribution in [1.82, 2.24) is 0 Å². The Morgan fingerprint density at radius 1 is 1.17 bits per heavy atom. The van der Waals surface area contributed by atoms with Crippen LogP contribution in [0, 0.1) is 0 Å². The second-order valence-corrected chi connectivity index (χ2v) is 7.80. The minimum absolute atomic E-state index is 0.301. The van der Waals surface area contributed by atoms with Crippen LogP contribution in [0.15, 0.2) is 30.3 Å². The van der Waals surface area contributed by atoms with E-state index in [4.69, 9.17) is 5.11 Å². The Balaban J connectivity index is 2.82. The number of hydrogen-bond donors (Lipinski definition) is 1. The first-order valence-electron chi connectivity index (χ1n) is 4.16. The highest BCUT2D eigenvalue weighted by Crippen LogP contribution is 2.48. The van der Waals surface area contributed by atoms with Crippen LogP contribution in [-0.2, 0) is 0 Å². The largest absolute Gasteiger partial charge is 0.393 e. The normalized spacial score (nSPS) is 11.6. The third kappa shape index (κ3) is 2.30. The van der Waals surface area contributed by atoms with Crippen molar-refractivity contribution in [2.45, 2.75) is 0 Å². The van der Waals surface area contributed by atoms with Crippen LogP contribution in [0.1, 0.15) is 0 Å². The van der Waals surface area contributed by atoms with Crippen molar-refractivity contribution >= 4 is 12.6 Å². The Morgan fingerprint density at radius 3 is 2.25 bits per heavy atom. The summed E-state index contributed by atoms with van der Waals surface area (Å²) in [6.07, 6.45) is 0.928. The fourth-order valence-electron chi connectivity index (χ4n) is 1.21. The molecule has 0 spiro atoms. The molecule has 0 aliphatic heterocycles. The average molecular weight is 183 g/mol. The van der Waals surface area contributed by atoms with Gasteiger partial charge in [0.05, 0.1) is 31.4 Å². The molecule has 1 aromatic rings. The number of hydrogen-bond acceptors (Lipinski definition) is 1. The van der Waals surface area contributed by atoms with E-state index in [2.05, 4.69) is 37.6 Å². The van der Waals surface area contributed by atoms with Crippen LogP contribution in [0.25, 0.3) is 0 Å². The van der Waals surface area contributed by atoms with Crippen LogP contribution >= 0.6 is 7.26 Å². The van der Waals surface area contributed by atoms with Gasteiger partial charge in [0.2, 0.25) is 0 Å². The maximum atomic E-state index is 8.89. The van der Waals surface area contributed by atoms with Crippen molar-refractivity contribution in [2.24, 2.45) is 0 Å². The van der Waals surface area contributed by atoms with E-state index < -0.39 is 7.26 Å². The van der Waals surface area contributed by atoms with Crippen molar-refractivity contribution in [3.63, 3.8) is 0 Å². The number of benzene rings is 1. The second-order valence-electron chi connectivity index (χ2n) is 3.47. The van der Waals surface area contributed by atoms with E-state index in [1.165, 1.54) is 5.30 Å². The van der Waals surface area contributed by atoms with Gasteiger partial charge in [-0.15, -0.1) is 0 Å². The quantitative estimate of drug-likeness (QED) is 0.705. The zero-order valence-electron chi connectivity index (χ0n) is 7.70. The molecule has 0 aromatic heterocycles. The molecule has 1 aromatic carbocycles. The Bertz CT molecular complexity index is 231. The van der Waals surface area contributed by atoms with E-state index >= 15 is 0 Å². The summed E-state index contributed by atoms with van der Waals surface area (Å²) in [4.78, 5) is 0. The van der Waals surface area contributed by atoms with Crippen molar-refractivity contribution in [3.8, 4) is 0 Å². The van der Waals surface area contributed by atoms with E-state index in [0.29, 0.717) is 6.61 Å². The second kappa shape index (κ2) is 4.02. The first kappa shape index (κ1) is 9.70. The lowest BCUT2D eigenvalue weighted by Gasteiger charge is -2.16. The topological polar surface area (TPSA) is 20.2 Å². The molecule has 12 heavy (non-hydrogen) atoms. The fraction of sp³-hybridized carbons (Fsp3) is 0.400. The third-order valence-electron chi connectivity index (χ3n) is 2.11. The van der Waals surface area contributed by atoms with E-state index in [1.807, 2.05) is 6.07 Å². The summed E-state index contributed by atoms with van der Waals surface area (Å²) in [5.41, 5.74) is 0. The van der Waals surface area contributed by atoms with Gasteiger partial charge in [0.15, 0.2) is 0 Å². The van der Waals surface area contributed by atoms with Crippen molar-refractivity contribution < 1.29 is 5.11 Å². The lowest BCUT2D eigenvalue weighted by molar-refractivity contribution is 0.321. The molecule has 0 unspecified atom stereocenters. The molecule has 0 fully saturated rings. The molecule has 0 saturated carbocycles. The molecule has 0 aliphatic rings. The summed E-state index contributed by atoms with van der Waals surface area (Å²) >= 11 is 0. The molecular formula is C10H16OP+. The zero-order chi connectivity index (χ0) is 9.03. The molecular weight excluding hydrogens is 167 g/mol.